The van der Waals surface area contributed by atoms with Crippen LogP contribution in [-0.4, -0.2) is 34.6 Å². The van der Waals surface area contributed by atoms with E-state index in [9.17, 15) is 14.4 Å². The lowest BCUT2D eigenvalue weighted by Gasteiger charge is -2.24. The van der Waals surface area contributed by atoms with Crippen molar-refractivity contribution in [2.75, 3.05) is 0 Å². The zero-order chi connectivity index (χ0) is 23.5. The lowest BCUT2D eigenvalue weighted by molar-refractivity contribution is -0.159. The topological polar surface area (TPSA) is 92.7 Å². The smallest absolute Gasteiger partial charge is 0.329 e. The number of nitrogens with one attached hydrogen (secondary N) is 1. The molecule has 1 amide bonds. The molecule has 31 heavy (non-hydrogen) atoms. The number of unbranched alkanes of at least 4 members (excludes halogenated alkanes) is 12. The molecule has 1 unspecified atom stereocenters. The lowest BCUT2D eigenvalue weighted by Crippen LogP contribution is -2.44. The zero-order valence-electron chi connectivity index (χ0n) is 20.5. The van der Waals surface area contributed by atoms with E-state index >= 15 is 0 Å². The average molecular weight is 442 g/mol. The standard InChI is InChI=1S/C25H47NO5/c1-5-6-7-8-9-10-11-12-13-14-15-16-17-18-22(27)26-21(19-20-23(28)29)24(30)31-25(2,3)4/h21H,5-20H2,1-4H3,(H,26,27)(H,28,29). The Labute approximate surface area is 189 Å². The minimum absolute atomic E-state index is 0.0363. The summed E-state index contributed by atoms with van der Waals surface area (Å²) in [5.41, 5.74) is -0.682. The van der Waals surface area contributed by atoms with Gasteiger partial charge in [-0.15, -0.1) is 0 Å². The number of hydrogen-bond donors (Lipinski definition) is 2. The molecule has 0 aromatic carbocycles. The van der Waals surface area contributed by atoms with E-state index in [4.69, 9.17) is 9.84 Å². The van der Waals surface area contributed by atoms with Crippen molar-refractivity contribution in [3.63, 3.8) is 0 Å². The number of aliphatic carboxylic acids is 1. The molecule has 0 heterocycles. The maximum atomic E-state index is 12.3. The van der Waals surface area contributed by atoms with Crippen molar-refractivity contribution >= 4 is 17.8 Å². The summed E-state index contributed by atoms with van der Waals surface area (Å²) >= 11 is 0. The Morgan fingerprint density at radius 3 is 1.65 bits per heavy atom. The molecule has 0 saturated carbocycles. The number of carboxylic acids is 1. The molecule has 0 aromatic heterocycles. The normalized spacial score (nSPS) is 12.4. The highest BCUT2D eigenvalue weighted by atomic mass is 16.6. The second kappa shape index (κ2) is 18.0. The van der Waals surface area contributed by atoms with Crippen molar-refractivity contribution in [3.8, 4) is 0 Å². The summed E-state index contributed by atoms with van der Waals surface area (Å²) in [7, 11) is 0. The largest absolute Gasteiger partial charge is 0.481 e. The van der Waals surface area contributed by atoms with Gasteiger partial charge in [-0.05, 0) is 33.6 Å². The van der Waals surface area contributed by atoms with Crippen LogP contribution >= 0.6 is 0 Å². The molecule has 0 radical (unpaired) electrons. The molecule has 0 fully saturated rings. The number of esters is 1. The van der Waals surface area contributed by atoms with Crippen molar-refractivity contribution in [3.05, 3.63) is 0 Å². The maximum Gasteiger partial charge on any atom is 0.329 e. The van der Waals surface area contributed by atoms with Gasteiger partial charge < -0.3 is 15.2 Å². The summed E-state index contributed by atoms with van der Waals surface area (Å²) in [6, 6.07) is -0.912. The molecule has 0 bridgehead atoms. The summed E-state index contributed by atoms with van der Waals surface area (Å²) in [5, 5.41) is 11.5. The Bertz CT molecular complexity index is 499. The Balaban J connectivity index is 3.89. The van der Waals surface area contributed by atoms with Gasteiger partial charge in [0.1, 0.15) is 11.6 Å². The van der Waals surface area contributed by atoms with Gasteiger partial charge in [-0.2, -0.15) is 0 Å². The number of carboxylic acid groups (broad SMARTS) is 1. The van der Waals surface area contributed by atoms with Crippen LogP contribution in [0.15, 0.2) is 0 Å². The zero-order valence-corrected chi connectivity index (χ0v) is 20.5. The highest BCUT2D eigenvalue weighted by Crippen LogP contribution is 2.14. The number of carbonyl (C=O) groups is 3. The van der Waals surface area contributed by atoms with E-state index in [1.165, 1.54) is 64.2 Å². The van der Waals surface area contributed by atoms with Gasteiger partial charge in [0.15, 0.2) is 0 Å². The fourth-order valence-electron chi connectivity index (χ4n) is 3.46. The van der Waals surface area contributed by atoms with Gasteiger partial charge in [-0.3, -0.25) is 9.59 Å². The number of ether oxygens (including phenoxy) is 1. The number of carbonyl (C=O) groups excluding carboxylic acids is 2. The molecule has 1 atom stereocenters. The predicted octanol–water partition coefficient (Wildman–Crippen LogP) is 6.16. The van der Waals surface area contributed by atoms with E-state index in [-0.39, 0.29) is 18.7 Å². The lowest BCUT2D eigenvalue weighted by atomic mass is 10.0. The monoisotopic (exact) mass is 441 g/mol. The molecule has 0 aliphatic rings. The maximum absolute atomic E-state index is 12.3. The van der Waals surface area contributed by atoms with Gasteiger partial charge in [0.2, 0.25) is 5.91 Å². The van der Waals surface area contributed by atoms with Crippen LogP contribution in [-0.2, 0) is 19.1 Å². The summed E-state index contributed by atoms with van der Waals surface area (Å²) in [6.07, 6.45) is 16.3. The van der Waals surface area contributed by atoms with E-state index in [2.05, 4.69) is 12.2 Å². The Kier molecular flexibility index (Phi) is 17.1. The van der Waals surface area contributed by atoms with Crippen molar-refractivity contribution < 1.29 is 24.2 Å². The van der Waals surface area contributed by atoms with Crippen molar-refractivity contribution in [2.24, 2.45) is 0 Å². The molecule has 0 aliphatic heterocycles. The first-order valence-electron chi connectivity index (χ1n) is 12.4. The predicted molar refractivity (Wildman–Crippen MR) is 125 cm³/mol. The Morgan fingerprint density at radius 1 is 0.774 bits per heavy atom. The SMILES string of the molecule is CCCCCCCCCCCCCCCC(=O)NC(CCC(=O)O)C(=O)OC(C)(C)C. The van der Waals surface area contributed by atoms with E-state index < -0.39 is 23.6 Å². The molecule has 2 N–H and O–H groups in total. The van der Waals surface area contributed by atoms with Crippen LogP contribution in [0.1, 0.15) is 130 Å². The first-order chi connectivity index (χ1) is 14.7. The highest BCUT2D eigenvalue weighted by Gasteiger charge is 2.27. The van der Waals surface area contributed by atoms with E-state index in [1.807, 2.05) is 0 Å². The van der Waals surface area contributed by atoms with Gasteiger partial charge in [-0.25, -0.2) is 4.79 Å². The molecule has 0 aliphatic carbocycles. The molecule has 0 spiro atoms. The van der Waals surface area contributed by atoms with E-state index in [1.54, 1.807) is 20.8 Å². The second-order valence-corrected chi connectivity index (χ2v) is 9.58. The Hall–Kier alpha value is -1.59. The number of amides is 1. The summed E-state index contributed by atoms with van der Waals surface area (Å²) < 4.78 is 5.31. The molecule has 0 rings (SSSR count). The minimum Gasteiger partial charge on any atom is -0.481 e. The second-order valence-electron chi connectivity index (χ2n) is 9.58. The van der Waals surface area contributed by atoms with Crippen molar-refractivity contribution in [1.82, 2.24) is 5.32 Å². The highest BCUT2D eigenvalue weighted by molar-refractivity contribution is 5.85. The number of rotatable bonds is 19. The fraction of sp³-hybridized carbons (Fsp3) is 0.880. The van der Waals surface area contributed by atoms with Crippen LogP contribution in [0.3, 0.4) is 0 Å². The molecule has 6 nitrogen and oxygen atoms in total. The van der Waals surface area contributed by atoms with Crippen molar-refractivity contribution in [1.29, 1.82) is 0 Å². The molecule has 6 heteroatoms. The van der Waals surface area contributed by atoms with Crippen molar-refractivity contribution in [2.45, 2.75) is 142 Å². The average Bonchev–Trinajstić information content (AvgIpc) is 2.67. The van der Waals surface area contributed by atoms with Gasteiger partial charge in [0.25, 0.3) is 0 Å². The van der Waals surface area contributed by atoms with Crippen LogP contribution in [0.25, 0.3) is 0 Å². The quantitative estimate of drug-likeness (QED) is 0.185. The summed E-state index contributed by atoms with van der Waals surface area (Å²) in [4.78, 5) is 35.3. The molecular formula is C25H47NO5. The minimum atomic E-state index is -1.00. The number of hydrogen-bond acceptors (Lipinski definition) is 4. The van der Waals surface area contributed by atoms with Crippen LogP contribution in [0.5, 0.6) is 0 Å². The third-order valence-corrected chi connectivity index (χ3v) is 5.18. The first-order valence-corrected chi connectivity index (χ1v) is 12.4. The van der Waals surface area contributed by atoms with Gasteiger partial charge in [0, 0.05) is 12.8 Å². The van der Waals surface area contributed by atoms with Crippen LogP contribution in [0, 0.1) is 0 Å². The Morgan fingerprint density at radius 2 is 1.23 bits per heavy atom. The molecule has 182 valence electrons. The third-order valence-electron chi connectivity index (χ3n) is 5.18. The first kappa shape index (κ1) is 29.4. The van der Waals surface area contributed by atoms with Crippen LogP contribution in [0.2, 0.25) is 0 Å². The molecule has 0 aromatic rings. The molecule has 0 saturated heterocycles. The van der Waals surface area contributed by atoms with Gasteiger partial charge in [0.05, 0.1) is 0 Å². The fourth-order valence-corrected chi connectivity index (χ4v) is 3.46. The van der Waals surface area contributed by atoms with E-state index in [0.29, 0.717) is 6.42 Å². The van der Waals surface area contributed by atoms with Gasteiger partial charge in [-0.1, -0.05) is 84.0 Å². The van der Waals surface area contributed by atoms with Gasteiger partial charge >= 0.3 is 11.9 Å². The third kappa shape index (κ3) is 20.1. The van der Waals surface area contributed by atoms with Crippen LogP contribution < -0.4 is 5.32 Å². The van der Waals surface area contributed by atoms with Crippen LogP contribution in [0.4, 0.5) is 0 Å². The van der Waals surface area contributed by atoms with E-state index in [0.717, 1.165) is 19.3 Å². The summed E-state index contributed by atoms with van der Waals surface area (Å²) in [6.45, 7) is 7.48. The molecular weight excluding hydrogens is 394 g/mol. The summed E-state index contributed by atoms with van der Waals surface area (Å²) in [5.74, 6) is -1.80.